The Hall–Kier alpha value is -2.97. The molecule has 1 aromatic rings. The van der Waals surface area contributed by atoms with Gasteiger partial charge in [0.1, 0.15) is 11.6 Å². The highest BCUT2D eigenvalue weighted by Crippen LogP contribution is 2.54. The van der Waals surface area contributed by atoms with Crippen LogP contribution in [0.4, 0.5) is 0 Å². The average molecular weight is 534 g/mol. The van der Waals surface area contributed by atoms with Gasteiger partial charge in [-0.05, 0) is 24.8 Å². The number of hydrogen-bond acceptors (Lipinski definition) is 5. The van der Waals surface area contributed by atoms with E-state index in [1.54, 1.807) is 9.80 Å². The zero-order chi connectivity index (χ0) is 27.1. The summed E-state index contributed by atoms with van der Waals surface area (Å²) in [6, 6.07) is 8.54. The summed E-state index contributed by atoms with van der Waals surface area (Å²) in [5.41, 5.74) is -0.229. The molecule has 0 bridgehead atoms. The summed E-state index contributed by atoms with van der Waals surface area (Å²) in [7, 11) is 0. The SMILES string of the molecule is CC[C@@H](CO)N1C(=O)[C@@H]2[C@@H]3C(=O)N(Cc4ccccc4)CC=C[C@@H]3O[C@@]23C=CCN(C2CCCCC2)C(=O)C13. The molecule has 4 aliphatic heterocycles. The highest BCUT2D eigenvalue weighted by molar-refractivity contribution is 6.00. The fraction of sp³-hybridized carbons (Fsp3) is 0.581. The van der Waals surface area contributed by atoms with Crippen molar-refractivity contribution in [2.75, 3.05) is 19.7 Å². The molecule has 1 unspecified atom stereocenters. The van der Waals surface area contributed by atoms with E-state index in [9.17, 15) is 19.5 Å². The van der Waals surface area contributed by atoms with Crippen molar-refractivity contribution in [2.45, 2.75) is 81.8 Å². The normalized spacial score (nSPS) is 33.6. The van der Waals surface area contributed by atoms with Crippen LogP contribution >= 0.6 is 0 Å². The van der Waals surface area contributed by atoms with Gasteiger partial charge in [0.25, 0.3) is 0 Å². The summed E-state index contributed by atoms with van der Waals surface area (Å²) in [5, 5.41) is 10.3. The van der Waals surface area contributed by atoms with Crippen molar-refractivity contribution in [1.82, 2.24) is 14.7 Å². The van der Waals surface area contributed by atoms with Crippen LogP contribution in [0.3, 0.4) is 0 Å². The number of aliphatic hydroxyl groups excluding tert-OH is 1. The summed E-state index contributed by atoms with van der Waals surface area (Å²) in [6.45, 7) is 3.01. The molecule has 0 radical (unpaired) electrons. The van der Waals surface area contributed by atoms with Crippen molar-refractivity contribution < 1.29 is 24.2 Å². The van der Waals surface area contributed by atoms with E-state index in [-0.39, 0.29) is 30.4 Å². The number of amides is 3. The number of carbonyl (C=O) groups excluding carboxylic acids is 3. The number of hydrogen-bond donors (Lipinski definition) is 1. The van der Waals surface area contributed by atoms with Crippen LogP contribution in [0.15, 0.2) is 54.6 Å². The first-order valence-electron chi connectivity index (χ1n) is 14.6. The number of fused-ring (bicyclic) bond motifs is 2. The molecule has 1 aliphatic carbocycles. The number of aliphatic hydroxyl groups is 1. The first kappa shape index (κ1) is 26.3. The predicted octanol–water partition coefficient (Wildman–Crippen LogP) is 2.67. The van der Waals surface area contributed by atoms with Gasteiger partial charge in [0, 0.05) is 25.7 Å². The lowest BCUT2D eigenvalue weighted by Gasteiger charge is -2.41. The van der Waals surface area contributed by atoms with Crippen molar-refractivity contribution in [3.05, 3.63) is 60.2 Å². The Morgan fingerprint density at radius 3 is 2.49 bits per heavy atom. The zero-order valence-corrected chi connectivity index (χ0v) is 22.7. The molecule has 1 N–H and O–H groups in total. The zero-order valence-electron chi connectivity index (χ0n) is 22.7. The van der Waals surface area contributed by atoms with Crippen LogP contribution in [0.25, 0.3) is 0 Å². The van der Waals surface area contributed by atoms with E-state index >= 15 is 0 Å². The summed E-state index contributed by atoms with van der Waals surface area (Å²) in [5.74, 6) is -2.07. The molecule has 208 valence electrons. The number of carbonyl (C=O) groups is 3. The molecular weight excluding hydrogens is 494 g/mol. The molecule has 5 aliphatic rings. The molecule has 1 spiro atoms. The Kier molecular flexibility index (Phi) is 7.10. The quantitative estimate of drug-likeness (QED) is 0.568. The maximum atomic E-state index is 14.4. The third kappa shape index (κ3) is 4.23. The van der Waals surface area contributed by atoms with Gasteiger partial charge in [-0.15, -0.1) is 0 Å². The molecule has 3 amide bonds. The van der Waals surface area contributed by atoms with Gasteiger partial charge in [-0.2, -0.15) is 0 Å². The molecule has 2 saturated heterocycles. The number of ether oxygens (including phenoxy) is 1. The molecule has 4 heterocycles. The molecule has 1 saturated carbocycles. The second-order valence-corrected chi connectivity index (χ2v) is 11.6. The molecule has 3 fully saturated rings. The smallest absolute Gasteiger partial charge is 0.249 e. The van der Waals surface area contributed by atoms with Crippen molar-refractivity contribution >= 4 is 17.7 Å². The Labute approximate surface area is 230 Å². The second-order valence-electron chi connectivity index (χ2n) is 11.6. The standard InChI is InChI=1S/C31H39N3O5/c1-2-22(20-35)34-27-30(38)33(23-13-7-4-8-14-23)18-10-16-31(27)26(29(34)37)25-24(39-31)15-9-17-32(28(25)36)19-21-11-5-3-6-12-21/h3,5-6,9-12,15-16,22-27,35H,2,4,7-8,13-14,17-20H2,1H3/t22-,24-,25+,26-,27?,31-/m0/s1. The maximum absolute atomic E-state index is 14.4. The fourth-order valence-electron chi connectivity index (χ4n) is 7.62. The Morgan fingerprint density at radius 2 is 1.77 bits per heavy atom. The van der Waals surface area contributed by atoms with Crippen LogP contribution in [0, 0.1) is 11.8 Å². The second kappa shape index (κ2) is 10.5. The third-order valence-electron chi connectivity index (χ3n) is 9.52. The molecule has 1 aromatic carbocycles. The minimum atomic E-state index is -1.24. The van der Waals surface area contributed by atoms with Crippen LogP contribution in [-0.4, -0.2) is 87.1 Å². The largest absolute Gasteiger partial charge is 0.394 e. The van der Waals surface area contributed by atoms with Gasteiger partial charge in [0.05, 0.1) is 30.6 Å². The van der Waals surface area contributed by atoms with Crippen molar-refractivity contribution in [2.24, 2.45) is 11.8 Å². The Bertz CT molecular complexity index is 1160. The summed E-state index contributed by atoms with van der Waals surface area (Å²) >= 11 is 0. The van der Waals surface area contributed by atoms with E-state index in [0.717, 1.165) is 31.2 Å². The number of likely N-dealkylation sites (tertiary alicyclic amines) is 1. The number of nitrogens with zero attached hydrogens (tertiary/aromatic N) is 3. The van der Waals surface area contributed by atoms with E-state index in [2.05, 4.69) is 0 Å². The van der Waals surface area contributed by atoms with Crippen molar-refractivity contribution in [3.63, 3.8) is 0 Å². The van der Waals surface area contributed by atoms with Gasteiger partial charge in [0.15, 0.2) is 0 Å². The van der Waals surface area contributed by atoms with Crippen molar-refractivity contribution in [1.29, 1.82) is 0 Å². The van der Waals surface area contributed by atoms with E-state index in [1.807, 2.05) is 66.5 Å². The lowest BCUT2D eigenvalue weighted by atomic mass is 9.77. The van der Waals surface area contributed by atoms with Gasteiger partial charge in [0.2, 0.25) is 17.7 Å². The molecule has 8 heteroatoms. The lowest BCUT2D eigenvalue weighted by Crippen LogP contribution is -2.59. The van der Waals surface area contributed by atoms with Gasteiger partial charge in [-0.1, -0.05) is 80.8 Å². The van der Waals surface area contributed by atoms with Crippen LogP contribution < -0.4 is 0 Å². The number of benzene rings is 1. The highest BCUT2D eigenvalue weighted by atomic mass is 16.5. The molecule has 6 atom stereocenters. The van der Waals surface area contributed by atoms with Crippen LogP contribution in [0.2, 0.25) is 0 Å². The van der Waals surface area contributed by atoms with E-state index in [0.29, 0.717) is 26.1 Å². The Morgan fingerprint density at radius 1 is 1.00 bits per heavy atom. The fourth-order valence-corrected chi connectivity index (χ4v) is 7.62. The van der Waals surface area contributed by atoms with Gasteiger partial charge < -0.3 is 24.5 Å². The van der Waals surface area contributed by atoms with Crippen LogP contribution in [0.1, 0.15) is 51.0 Å². The molecule has 8 nitrogen and oxygen atoms in total. The molecular formula is C31H39N3O5. The van der Waals surface area contributed by atoms with E-state index in [4.69, 9.17) is 4.74 Å². The number of rotatable bonds is 6. The van der Waals surface area contributed by atoms with Crippen LogP contribution in [0.5, 0.6) is 0 Å². The highest BCUT2D eigenvalue weighted by Gasteiger charge is 2.72. The third-order valence-corrected chi connectivity index (χ3v) is 9.52. The maximum Gasteiger partial charge on any atom is 0.249 e. The summed E-state index contributed by atoms with van der Waals surface area (Å²) in [6.07, 6.45) is 12.9. The first-order valence-corrected chi connectivity index (χ1v) is 14.6. The van der Waals surface area contributed by atoms with Gasteiger partial charge in [-0.3, -0.25) is 14.4 Å². The average Bonchev–Trinajstić information content (AvgIpc) is 3.28. The summed E-state index contributed by atoms with van der Waals surface area (Å²) < 4.78 is 6.74. The minimum Gasteiger partial charge on any atom is -0.394 e. The predicted molar refractivity (Wildman–Crippen MR) is 145 cm³/mol. The van der Waals surface area contributed by atoms with E-state index < -0.39 is 35.6 Å². The monoisotopic (exact) mass is 533 g/mol. The molecule has 6 rings (SSSR count). The van der Waals surface area contributed by atoms with E-state index in [1.165, 1.54) is 6.42 Å². The summed E-state index contributed by atoms with van der Waals surface area (Å²) in [4.78, 5) is 48.2. The Balaban J connectivity index is 1.40. The van der Waals surface area contributed by atoms with Gasteiger partial charge in [-0.25, -0.2) is 0 Å². The molecule has 0 aromatic heterocycles. The lowest BCUT2D eigenvalue weighted by molar-refractivity contribution is -0.153. The topological polar surface area (TPSA) is 90.4 Å². The first-order chi connectivity index (χ1) is 19.0. The molecule has 39 heavy (non-hydrogen) atoms. The van der Waals surface area contributed by atoms with Crippen LogP contribution in [-0.2, 0) is 25.7 Å². The minimum absolute atomic E-state index is 0.122. The van der Waals surface area contributed by atoms with Gasteiger partial charge >= 0.3 is 0 Å². The van der Waals surface area contributed by atoms with Crippen molar-refractivity contribution in [3.8, 4) is 0 Å².